The molecule has 174 valence electrons. The fourth-order valence-corrected chi connectivity index (χ4v) is 5.61. The van der Waals surface area contributed by atoms with Crippen molar-refractivity contribution in [2.45, 2.75) is 39.5 Å². The van der Waals surface area contributed by atoms with Gasteiger partial charge in [-0.2, -0.15) is 0 Å². The number of fused-ring (bicyclic) bond motifs is 1. The van der Waals surface area contributed by atoms with Crippen LogP contribution in [0.3, 0.4) is 0 Å². The van der Waals surface area contributed by atoms with Crippen molar-refractivity contribution in [3.05, 3.63) is 53.3 Å². The van der Waals surface area contributed by atoms with Crippen LogP contribution in [-0.2, 0) is 4.79 Å². The molecule has 2 atom stereocenters. The van der Waals surface area contributed by atoms with Gasteiger partial charge in [-0.3, -0.25) is 9.59 Å². The maximum absolute atomic E-state index is 13.6. The van der Waals surface area contributed by atoms with Crippen LogP contribution in [0.4, 0.5) is 5.95 Å². The zero-order chi connectivity index (χ0) is 23.0. The lowest BCUT2D eigenvalue weighted by Gasteiger charge is -2.32. The predicted octanol–water partition coefficient (Wildman–Crippen LogP) is 2.98. The zero-order valence-corrected chi connectivity index (χ0v) is 19.6. The molecule has 7 nitrogen and oxygen atoms in total. The molecule has 5 rings (SSSR count). The summed E-state index contributed by atoms with van der Waals surface area (Å²) in [6, 6.07) is 7.83. The Morgan fingerprint density at radius 2 is 1.82 bits per heavy atom. The van der Waals surface area contributed by atoms with Crippen LogP contribution in [0.15, 0.2) is 36.7 Å². The molecule has 3 heterocycles. The summed E-state index contributed by atoms with van der Waals surface area (Å²) in [4.78, 5) is 40.1. The number of anilines is 1. The number of likely N-dealkylation sites (tertiary alicyclic amines) is 1. The standard InChI is InChI=1S/C26H33N5O2/c1-18-11-19(2)13-21(12-18)23(32)30-10-3-7-26(24(33)29-14-20-5-6-20)17-31(16-22(26)15-30)25-27-8-4-9-28-25/h4,8-9,11-13,20,22H,3,5-7,10,14-17H2,1-2H3,(H,29,33)/t22-,26-/m0/s1. The van der Waals surface area contributed by atoms with E-state index in [4.69, 9.17) is 0 Å². The van der Waals surface area contributed by atoms with Gasteiger partial charge >= 0.3 is 0 Å². The lowest BCUT2D eigenvalue weighted by molar-refractivity contribution is -0.132. The number of aromatic nitrogens is 2. The normalized spacial score (nSPS) is 24.8. The topological polar surface area (TPSA) is 78.4 Å². The van der Waals surface area contributed by atoms with Gasteiger partial charge in [-0.25, -0.2) is 9.97 Å². The smallest absolute Gasteiger partial charge is 0.253 e. The Balaban J connectivity index is 1.41. The number of carbonyl (C=O) groups is 2. The van der Waals surface area contributed by atoms with Crippen LogP contribution in [0.2, 0.25) is 0 Å². The van der Waals surface area contributed by atoms with Gasteiger partial charge in [0.05, 0.1) is 5.41 Å². The van der Waals surface area contributed by atoms with E-state index in [1.165, 1.54) is 12.8 Å². The Kier molecular flexibility index (Phi) is 5.81. The van der Waals surface area contributed by atoms with Crippen LogP contribution in [0.25, 0.3) is 0 Å². The van der Waals surface area contributed by atoms with Crippen LogP contribution in [0.1, 0.15) is 47.2 Å². The molecule has 2 amide bonds. The molecule has 7 heteroatoms. The Hall–Kier alpha value is -2.96. The molecule has 0 bridgehead atoms. The zero-order valence-electron chi connectivity index (χ0n) is 19.6. The third-order valence-electron chi connectivity index (χ3n) is 7.48. The molecule has 33 heavy (non-hydrogen) atoms. The highest BCUT2D eigenvalue weighted by molar-refractivity contribution is 5.95. The highest BCUT2D eigenvalue weighted by atomic mass is 16.2. The van der Waals surface area contributed by atoms with Gasteiger partial charge in [0.1, 0.15) is 0 Å². The summed E-state index contributed by atoms with van der Waals surface area (Å²) in [5, 5.41) is 3.26. The average molecular weight is 448 g/mol. The number of amides is 2. The van der Waals surface area contributed by atoms with Crippen molar-refractivity contribution < 1.29 is 9.59 Å². The van der Waals surface area contributed by atoms with E-state index in [9.17, 15) is 9.59 Å². The molecular weight excluding hydrogens is 414 g/mol. The summed E-state index contributed by atoms with van der Waals surface area (Å²) in [7, 11) is 0. The lowest BCUT2D eigenvalue weighted by atomic mass is 9.74. The van der Waals surface area contributed by atoms with Crippen molar-refractivity contribution in [2.75, 3.05) is 37.6 Å². The van der Waals surface area contributed by atoms with Crippen molar-refractivity contribution in [1.29, 1.82) is 0 Å². The van der Waals surface area contributed by atoms with Crippen LogP contribution < -0.4 is 10.2 Å². The van der Waals surface area contributed by atoms with Crippen LogP contribution in [0, 0.1) is 31.1 Å². The van der Waals surface area contributed by atoms with Crippen molar-refractivity contribution in [3.8, 4) is 0 Å². The quantitative estimate of drug-likeness (QED) is 0.762. The van der Waals surface area contributed by atoms with Crippen molar-refractivity contribution in [1.82, 2.24) is 20.2 Å². The molecule has 1 N–H and O–H groups in total. The number of hydrogen-bond donors (Lipinski definition) is 1. The summed E-state index contributed by atoms with van der Waals surface area (Å²) in [6.45, 7) is 7.35. The summed E-state index contributed by atoms with van der Waals surface area (Å²) in [6.07, 6.45) is 7.48. The van der Waals surface area contributed by atoms with Gasteiger partial charge in [0, 0.05) is 56.6 Å². The van der Waals surface area contributed by atoms with E-state index in [1.807, 2.05) is 30.9 Å². The maximum atomic E-state index is 13.6. The molecule has 2 aliphatic heterocycles. The molecule has 0 spiro atoms. The maximum Gasteiger partial charge on any atom is 0.253 e. The average Bonchev–Trinajstić information content (AvgIpc) is 3.59. The third-order valence-corrected chi connectivity index (χ3v) is 7.48. The van der Waals surface area contributed by atoms with Gasteiger partial charge < -0.3 is 15.1 Å². The summed E-state index contributed by atoms with van der Waals surface area (Å²) < 4.78 is 0. The highest BCUT2D eigenvalue weighted by Gasteiger charge is 2.54. The van der Waals surface area contributed by atoms with Crippen LogP contribution in [-0.4, -0.2) is 59.4 Å². The van der Waals surface area contributed by atoms with E-state index in [2.05, 4.69) is 26.3 Å². The van der Waals surface area contributed by atoms with Crippen molar-refractivity contribution >= 4 is 17.8 Å². The first-order valence-electron chi connectivity index (χ1n) is 12.1. The van der Waals surface area contributed by atoms with Gasteiger partial charge in [-0.15, -0.1) is 0 Å². The van der Waals surface area contributed by atoms with E-state index in [1.54, 1.807) is 18.5 Å². The fourth-order valence-electron chi connectivity index (χ4n) is 5.61. The largest absolute Gasteiger partial charge is 0.355 e. The number of benzene rings is 1. The summed E-state index contributed by atoms with van der Waals surface area (Å²) in [5.41, 5.74) is 2.40. The number of aryl methyl sites for hydroxylation is 2. The number of carbonyl (C=O) groups excluding carboxylic acids is 2. The fraction of sp³-hybridized carbons (Fsp3) is 0.538. The summed E-state index contributed by atoms with van der Waals surface area (Å²) >= 11 is 0. The van der Waals surface area contributed by atoms with Gasteiger partial charge in [-0.1, -0.05) is 17.2 Å². The second-order valence-electron chi connectivity index (χ2n) is 10.2. The first-order valence-corrected chi connectivity index (χ1v) is 12.1. The first kappa shape index (κ1) is 21.9. The Labute approximate surface area is 195 Å². The molecule has 0 unspecified atom stereocenters. The predicted molar refractivity (Wildman–Crippen MR) is 127 cm³/mol. The minimum absolute atomic E-state index is 0.0397. The molecule has 1 aromatic carbocycles. The molecular formula is C26H33N5O2. The first-order chi connectivity index (χ1) is 15.9. The van der Waals surface area contributed by atoms with E-state index in [-0.39, 0.29) is 17.7 Å². The van der Waals surface area contributed by atoms with Gasteiger partial charge in [0.2, 0.25) is 11.9 Å². The van der Waals surface area contributed by atoms with Crippen molar-refractivity contribution in [2.24, 2.45) is 17.3 Å². The number of rotatable bonds is 5. The van der Waals surface area contributed by atoms with E-state index >= 15 is 0 Å². The number of nitrogens with one attached hydrogen (secondary N) is 1. The molecule has 3 fully saturated rings. The van der Waals surface area contributed by atoms with E-state index in [0.717, 1.165) is 36.1 Å². The highest BCUT2D eigenvalue weighted by Crippen LogP contribution is 2.44. The SMILES string of the molecule is Cc1cc(C)cc(C(=O)N2CCC[C@]3(C(=O)NCC4CC4)CN(c4ncccn4)C[C@@H]3C2)c1. The lowest BCUT2D eigenvalue weighted by Crippen LogP contribution is -2.48. The summed E-state index contributed by atoms with van der Waals surface area (Å²) in [5.74, 6) is 1.53. The molecule has 0 radical (unpaired) electrons. The third kappa shape index (κ3) is 4.45. The minimum Gasteiger partial charge on any atom is -0.355 e. The Bertz CT molecular complexity index is 1020. The van der Waals surface area contributed by atoms with E-state index < -0.39 is 5.41 Å². The van der Waals surface area contributed by atoms with E-state index in [0.29, 0.717) is 38.0 Å². The molecule has 3 aliphatic rings. The second kappa shape index (κ2) is 8.76. The minimum atomic E-state index is -0.522. The Morgan fingerprint density at radius 3 is 2.52 bits per heavy atom. The number of nitrogens with zero attached hydrogens (tertiary/aromatic N) is 4. The van der Waals surface area contributed by atoms with Gasteiger partial charge in [0.25, 0.3) is 5.91 Å². The second-order valence-corrected chi connectivity index (χ2v) is 10.2. The number of hydrogen-bond acceptors (Lipinski definition) is 5. The van der Waals surface area contributed by atoms with Gasteiger partial charge in [-0.05, 0) is 63.6 Å². The Morgan fingerprint density at radius 1 is 1.09 bits per heavy atom. The monoisotopic (exact) mass is 447 g/mol. The van der Waals surface area contributed by atoms with Gasteiger partial charge in [0.15, 0.2) is 0 Å². The van der Waals surface area contributed by atoms with Crippen LogP contribution in [0.5, 0.6) is 0 Å². The molecule has 1 saturated carbocycles. The molecule has 1 aromatic heterocycles. The molecule has 2 aromatic rings. The molecule has 2 saturated heterocycles. The molecule has 1 aliphatic carbocycles. The van der Waals surface area contributed by atoms with Crippen LogP contribution >= 0.6 is 0 Å². The van der Waals surface area contributed by atoms with Crippen molar-refractivity contribution in [3.63, 3.8) is 0 Å².